The summed E-state index contributed by atoms with van der Waals surface area (Å²) in [4.78, 5) is 2.69. The zero-order valence-corrected chi connectivity index (χ0v) is 14.9. The molecule has 2 atom stereocenters. The largest absolute Gasteiger partial charge is 0.289 e. The predicted octanol–water partition coefficient (Wildman–Crippen LogP) is 4.46. The maximum Gasteiger partial charge on any atom is 0.0565 e. The number of benzene rings is 1. The zero-order valence-electron chi connectivity index (χ0n) is 14.9. The predicted molar refractivity (Wildman–Crippen MR) is 98.6 cm³/mol. The molecule has 2 bridgehead atoms. The second-order valence-corrected chi connectivity index (χ2v) is 8.20. The normalized spacial score (nSPS) is 24.2. The van der Waals surface area contributed by atoms with E-state index in [1.807, 2.05) is 6.20 Å². The summed E-state index contributed by atoms with van der Waals surface area (Å²) in [6, 6.07) is 12.1. The molecule has 2 aliphatic heterocycles. The van der Waals surface area contributed by atoms with Gasteiger partial charge in [-0.25, -0.2) is 0 Å². The van der Waals surface area contributed by atoms with E-state index >= 15 is 0 Å². The topological polar surface area (TPSA) is 21.1 Å². The lowest BCUT2D eigenvalue weighted by Gasteiger charge is -2.34. The molecule has 3 nitrogen and oxygen atoms in total. The van der Waals surface area contributed by atoms with Gasteiger partial charge in [0.25, 0.3) is 0 Å². The van der Waals surface area contributed by atoms with Gasteiger partial charge in [-0.15, -0.1) is 0 Å². The second-order valence-electron chi connectivity index (χ2n) is 8.20. The highest BCUT2D eigenvalue weighted by Gasteiger charge is 2.36. The molecule has 2 aromatic rings. The minimum Gasteiger partial charge on any atom is -0.289 e. The summed E-state index contributed by atoms with van der Waals surface area (Å²) in [6.07, 6.45) is 10.5. The third kappa shape index (κ3) is 2.93. The molecule has 1 saturated heterocycles. The summed E-state index contributed by atoms with van der Waals surface area (Å²) in [6.45, 7) is 7.67. The van der Waals surface area contributed by atoms with Crippen LogP contribution >= 0.6 is 0 Å². The third-order valence-electron chi connectivity index (χ3n) is 5.39. The summed E-state index contributed by atoms with van der Waals surface area (Å²) >= 11 is 0. The van der Waals surface area contributed by atoms with Crippen molar-refractivity contribution in [2.75, 3.05) is 0 Å². The van der Waals surface area contributed by atoms with Crippen molar-refractivity contribution in [3.63, 3.8) is 0 Å². The molecular weight excluding hydrogens is 294 g/mol. The van der Waals surface area contributed by atoms with Gasteiger partial charge in [-0.1, -0.05) is 36.4 Å². The van der Waals surface area contributed by atoms with Crippen LogP contribution in [0, 0.1) is 0 Å². The van der Waals surface area contributed by atoms with Gasteiger partial charge in [0.2, 0.25) is 0 Å². The van der Waals surface area contributed by atoms with Crippen LogP contribution in [0.5, 0.6) is 0 Å². The van der Waals surface area contributed by atoms with E-state index in [1.165, 1.54) is 29.5 Å². The van der Waals surface area contributed by atoms with E-state index in [2.05, 4.69) is 78.1 Å². The van der Waals surface area contributed by atoms with E-state index < -0.39 is 0 Å². The Morgan fingerprint density at radius 2 is 1.92 bits per heavy atom. The Labute approximate surface area is 145 Å². The first kappa shape index (κ1) is 15.6. The fraction of sp³-hybridized carbons (Fsp3) is 0.476. The molecule has 0 amide bonds. The first-order chi connectivity index (χ1) is 11.5. The lowest BCUT2D eigenvalue weighted by Crippen LogP contribution is -2.37. The highest BCUT2D eigenvalue weighted by molar-refractivity contribution is 5.67. The van der Waals surface area contributed by atoms with Crippen LogP contribution in [-0.4, -0.2) is 26.8 Å². The zero-order chi connectivity index (χ0) is 16.7. The van der Waals surface area contributed by atoms with E-state index in [1.54, 1.807) is 0 Å². The molecule has 1 aromatic heterocycles. The van der Waals surface area contributed by atoms with E-state index in [0.717, 1.165) is 13.0 Å². The number of hydrogen-bond acceptors (Lipinski definition) is 2. The molecule has 126 valence electrons. The first-order valence-electron chi connectivity index (χ1n) is 9.06. The number of nitrogens with zero attached hydrogens (tertiary/aromatic N) is 3. The fourth-order valence-electron chi connectivity index (χ4n) is 4.03. The minimum absolute atomic E-state index is 0.0474. The van der Waals surface area contributed by atoms with Gasteiger partial charge in [0.1, 0.15) is 0 Å². The van der Waals surface area contributed by atoms with E-state index in [0.29, 0.717) is 12.1 Å². The van der Waals surface area contributed by atoms with Crippen LogP contribution in [0.2, 0.25) is 0 Å². The number of rotatable bonds is 3. The summed E-state index contributed by atoms with van der Waals surface area (Å²) in [5, 5.41) is 4.58. The van der Waals surface area contributed by atoms with Crippen LogP contribution in [0.25, 0.3) is 5.57 Å². The molecular formula is C21H27N3. The van der Waals surface area contributed by atoms with Crippen LogP contribution in [0.3, 0.4) is 0 Å². The third-order valence-corrected chi connectivity index (χ3v) is 5.39. The van der Waals surface area contributed by atoms with E-state index in [9.17, 15) is 0 Å². The Morgan fingerprint density at radius 3 is 2.58 bits per heavy atom. The van der Waals surface area contributed by atoms with Crippen molar-refractivity contribution >= 4 is 5.57 Å². The average Bonchev–Trinajstić information content (AvgIpc) is 3.12. The Morgan fingerprint density at radius 1 is 1.12 bits per heavy atom. The van der Waals surface area contributed by atoms with Crippen molar-refractivity contribution in [2.45, 2.75) is 64.2 Å². The summed E-state index contributed by atoms with van der Waals surface area (Å²) in [5.41, 5.74) is 4.27. The molecule has 0 N–H and O–H groups in total. The molecule has 3 heteroatoms. The second kappa shape index (κ2) is 5.89. The van der Waals surface area contributed by atoms with Crippen LogP contribution < -0.4 is 0 Å². The fourth-order valence-corrected chi connectivity index (χ4v) is 4.03. The highest BCUT2D eigenvalue weighted by atomic mass is 15.3. The molecule has 0 saturated carbocycles. The van der Waals surface area contributed by atoms with E-state index in [-0.39, 0.29) is 5.54 Å². The van der Waals surface area contributed by atoms with Crippen molar-refractivity contribution < 1.29 is 0 Å². The van der Waals surface area contributed by atoms with Gasteiger partial charge >= 0.3 is 0 Å². The van der Waals surface area contributed by atoms with Crippen molar-refractivity contribution in [3.8, 4) is 0 Å². The standard InChI is InChI=1S/C21H27N3/c1-21(2,3)24-15-18(13-22-24)17-11-19-9-10-20(12-17)23(19)14-16-7-5-4-6-8-16/h4-8,11,13,15,19-20H,9-10,12,14H2,1-3H3. The molecule has 1 fully saturated rings. The van der Waals surface area contributed by atoms with Crippen molar-refractivity contribution in [2.24, 2.45) is 0 Å². The molecule has 2 unspecified atom stereocenters. The quantitative estimate of drug-likeness (QED) is 0.832. The van der Waals surface area contributed by atoms with Crippen LogP contribution in [0.15, 0.2) is 48.8 Å². The highest BCUT2D eigenvalue weighted by Crippen LogP contribution is 2.39. The molecule has 1 aromatic carbocycles. The van der Waals surface area contributed by atoms with Gasteiger partial charge in [0.05, 0.1) is 11.7 Å². The Kier molecular flexibility index (Phi) is 3.84. The van der Waals surface area contributed by atoms with Gasteiger partial charge in [-0.2, -0.15) is 5.10 Å². The van der Waals surface area contributed by atoms with Gasteiger partial charge in [0, 0.05) is 30.4 Å². The van der Waals surface area contributed by atoms with Crippen molar-refractivity contribution in [1.29, 1.82) is 0 Å². The van der Waals surface area contributed by atoms with Crippen molar-refractivity contribution in [1.82, 2.24) is 14.7 Å². The van der Waals surface area contributed by atoms with Gasteiger partial charge in [-0.05, 0) is 51.2 Å². The van der Waals surface area contributed by atoms with Crippen LogP contribution in [0.4, 0.5) is 0 Å². The van der Waals surface area contributed by atoms with Crippen molar-refractivity contribution in [3.05, 3.63) is 59.9 Å². The minimum atomic E-state index is 0.0474. The Bertz CT molecular complexity index is 736. The molecule has 2 aliphatic rings. The maximum atomic E-state index is 4.58. The molecule has 0 aliphatic carbocycles. The summed E-state index contributed by atoms with van der Waals surface area (Å²) < 4.78 is 2.08. The van der Waals surface area contributed by atoms with Gasteiger partial charge in [-0.3, -0.25) is 9.58 Å². The molecule has 0 radical (unpaired) electrons. The van der Waals surface area contributed by atoms with Crippen LogP contribution in [-0.2, 0) is 12.1 Å². The number of aromatic nitrogens is 2. The number of fused-ring (bicyclic) bond motifs is 2. The summed E-state index contributed by atoms with van der Waals surface area (Å²) in [5.74, 6) is 0. The monoisotopic (exact) mass is 321 g/mol. The van der Waals surface area contributed by atoms with E-state index in [4.69, 9.17) is 0 Å². The summed E-state index contributed by atoms with van der Waals surface area (Å²) in [7, 11) is 0. The van der Waals surface area contributed by atoms with Gasteiger partial charge in [0.15, 0.2) is 0 Å². The SMILES string of the molecule is CC(C)(C)n1cc(C2=CC3CCC(C2)N3Cc2ccccc2)cn1. The van der Waals surface area contributed by atoms with Crippen LogP contribution in [0.1, 0.15) is 51.2 Å². The molecule has 0 spiro atoms. The van der Waals surface area contributed by atoms with Gasteiger partial charge < -0.3 is 0 Å². The number of hydrogen-bond donors (Lipinski definition) is 0. The maximum absolute atomic E-state index is 4.58. The molecule has 4 rings (SSSR count). The lowest BCUT2D eigenvalue weighted by molar-refractivity contribution is 0.203. The molecule has 24 heavy (non-hydrogen) atoms. The molecule has 3 heterocycles. The average molecular weight is 321 g/mol. The Hall–Kier alpha value is -1.87. The first-order valence-corrected chi connectivity index (χ1v) is 9.06. The smallest absolute Gasteiger partial charge is 0.0565 e. The lowest BCUT2D eigenvalue weighted by atomic mass is 9.96. The Balaban J connectivity index is 1.54.